The van der Waals surface area contributed by atoms with Crippen molar-refractivity contribution in [1.29, 1.82) is 0 Å². The molecule has 3 aliphatic heterocycles. The van der Waals surface area contributed by atoms with Crippen molar-refractivity contribution in [3.63, 3.8) is 0 Å². The van der Waals surface area contributed by atoms with E-state index >= 15 is 13.7 Å². The summed E-state index contributed by atoms with van der Waals surface area (Å²) in [7, 11) is -9.82. The van der Waals surface area contributed by atoms with Crippen LogP contribution in [0.1, 0.15) is 18.0 Å². The number of hydrogen-bond donors (Lipinski definition) is 0. The summed E-state index contributed by atoms with van der Waals surface area (Å²) in [5.74, 6) is 3.24. The molecule has 5 aromatic heterocycles. The molecular formula is C115H76N9O3P3. The lowest BCUT2D eigenvalue weighted by Gasteiger charge is -2.29. The molecule has 0 bridgehead atoms. The van der Waals surface area contributed by atoms with E-state index in [1.165, 1.54) is 0 Å². The lowest BCUT2D eigenvalue weighted by atomic mass is 9.98. The number of fused-ring (bicyclic) bond motifs is 11. The fraction of sp³-hybridized carbons (Fsp3) is 0. The van der Waals surface area contributed by atoms with Crippen LogP contribution in [0.5, 0.6) is 0 Å². The summed E-state index contributed by atoms with van der Waals surface area (Å²) < 4.78 is 96.4. The highest BCUT2D eigenvalue weighted by atomic mass is 31.2. The van der Waals surface area contributed by atoms with Gasteiger partial charge in [-0.05, 0) is 148 Å². The van der Waals surface area contributed by atoms with Gasteiger partial charge in [0, 0.05) is 75.4 Å². The zero-order chi connectivity index (χ0) is 91.0. The second-order valence-electron chi connectivity index (χ2n) is 32.4. The molecule has 0 aliphatic carbocycles. The van der Waals surface area contributed by atoms with Crippen molar-refractivity contribution in [1.82, 2.24) is 43.0 Å². The lowest BCUT2D eigenvalue weighted by Crippen LogP contribution is -2.33. The first-order chi connectivity index (χ1) is 66.2. The van der Waals surface area contributed by atoms with Crippen molar-refractivity contribution in [2.24, 2.45) is 0 Å². The van der Waals surface area contributed by atoms with Gasteiger partial charge >= 0.3 is 0 Å². The molecule has 614 valence electrons. The van der Waals surface area contributed by atoms with Gasteiger partial charge in [-0.3, -0.25) is 18.1 Å². The summed E-state index contributed by atoms with van der Waals surface area (Å²) in [4.78, 5) is 25.5. The van der Waals surface area contributed by atoms with Gasteiger partial charge in [0.2, 0.25) is 0 Å². The molecule has 3 atom stereocenters. The summed E-state index contributed by atoms with van der Waals surface area (Å²) in [5.41, 5.74) is 21.9. The zero-order valence-corrected chi connectivity index (χ0v) is 72.3. The van der Waals surface area contributed by atoms with Crippen LogP contribution >= 0.6 is 21.4 Å². The number of aromatic nitrogens is 9. The van der Waals surface area contributed by atoms with E-state index in [2.05, 4.69) is 158 Å². The van der Waals surface area contributed by atoms with Gasteiger partial charge < -0.3 is 13.7 Å². The van der Waals surface area contributed by atoms with Crippen LogP contribution in [-0.4, -0.2) is 43.0 Å². The van der Waals surface area contributed by atoms with Gasteiger partial charge in [0.25, 0.3) is 0 Å². The molecule has 0 N–H and O–H groups in total. The normalized spacial score (nSPS) is 16.1. The van der Waals surface area contributed by atoms with Gasteiger partial charge in [0.05, 0.1) is 73.6 Å². The highest BCUT2D eigenvalue weighted by molar-refractivity contribution is 7.87. The number of para-hydroxylation sites is 6. The van der Waals surface area contributed by atoms with Gasteiger partial charge in [-0.1, -0.05) is 358 Å². The quantitative estimate of drug-likeness (QED) is 0.0872. The third-order valence-electron chi connectivity index (χ3n) is 25.0. The van der Waals surface area contributed by atoms with Gasteiger partial charge in [-0.15, -0.1) is 0 Å². The second kappa shape index (κ2) is 31.5. The summed E-state index contributed by atoms with van der Waals surface area (Å²) in [6.45, 7) is 0. The van der Waals surface area contributed by atoms with Crippen LogP contribution in [0.15, 0.2) is 449 Å². The van der Waals surface area contributed by atoms with Gasteiger partial charge in [-0.2, -0.15) is 0 Å². The van der Waals surface area contributed by atoms with Crippen LogP contribution in [0.4, 0.5) is 0 Å². The van der Waals surface area contributed by atoms with Crippen molar-refractivity contribution >= 4 is 142 Å². The molecule has 130 heavy (non-hydrogen) atoms. The molecule has 0 saturated heterocycles. The van der Waals surface area contributed by atoms with Crippen molar-refractivity contribution in [3.05, 3.63) is 460 Å². The molecule has 0 fully saturated rings. The summed E-state index contributed by atoms with van der Waals surface area (Å²) >= 11 is 0. The van der Waals surface area contributed by atoms with Crippen molar-refractivity contribution in [2.75, 3.05) is 0 Å². The van der Waals surface area contributed by atoms with Gasteiger partial charge in [-0.25, -0.2) is 24.9 Å². The Hall–Kier alpha value is -16.1. The Morgan fingerprint density at radius 2 is 0.577 bits per heavy atom. The Balaban J connectivity index is 0.000000112. The Morgan fingerprint density at radius 1 is 0.238 bits per heavy atom. The molecule has 0 saturated carbocycles. The maximum absolute atomic E-state index is 16.0. The molecule has 26 rings (SSSR count). The predicted molar refractivity (Wildman–Crippen MR) is 537 cm³/mol. The Morgan fingerprint density at radius 3 is 1.04 bits per heavy atom. The molecule has 8 heterocycles. The van der Waals surface area contributed by atoms with E-state index in [0.717, 1.165) is 204 Å². The summed E-state index contributed by atoms with van der Waals surface area (Å²) in [5, 5.41) is 8.15. The maximum Gasteiger partial charge on any atom is 0.175 e. The SMILES string of the molecule is O=P1(c2ccccc2)c2cc(-c3nc4ccccc4c4nc5ccccc5n34)ccc2-n2c(-c3ccccc3)nc3cccc1c32.O=P1(c2ccccc2)c2cc(/C=C/c3ccccc3)ccc2-n2c(-c3ccccc3)nc3cccc1c32.[2H]c1c([2H])c([2H])c(-c2ccc(-c3ccc(-c4ccc5c(c4)P(=O)(c4ccccc4)c4cccc6nc(-c7ccccc7)n-5c46)cc3)cc2)c([2H])c1[2H]. The fourth-order valence-corrected chi connectivity index (χ4v) is 28.1. The molecule has 0 spiro atoms. The standard InChI is InChI=1S/C43H29N2OP.C39H24N5OP.C33H23N2OP/c46-47(37-15-8-3-9-16-37)40-18-10-17-38-42(40)45(43(44-38)35-13-6-2-7-14-35)39-28-27-36(29-41(39)47)34-25-23-33(24-26-34)32-21-19-31(20-22-32)30-11-4-1-5-12-30;45-46(27-14-5-2-6-15-27)34-21-11-19-31-36(34)43(37(42-31)25-12-3-1-4-13-25)33-23-22-26(24-35(33)46)38-40-29-17-8-7-16-28(29)39-41-30-18-9-10-20-32(30)44(38)39;36-37(27-15-8-3-9-16-27)30-18-10-17-28-32(30)35(33(34-28)26-13-6-2-7-14-26)29-22-21-25(23-31(29)37)20-19-24-11-4-1-5-12-24/h1-29H;1-24H;1-23H/b;;20-19+/i1D,4D,5D,11D,12D;;. The van der Waals surface area contributed by atoms with E-state index in [0.29, 0.717) is 5.56 Å². The fourth-order valence-electron chi connectivity index (χ4n) is 19.0. The average Bonchev–Trinajstić information content (AvgIpc) is 1.61. The van der Waals surface area contributed by atoms with E-state index in [4.69, 9.17) is 31.8 Å². The second-order valence-corrected chi connectivity index (χ2v) is 40.5. The molecule has 3 aliphatic rings. The average molecular weight is 1730 g/mol. The number of hydrogen-bond acceptors (Lipinski definition) is 8. The zero-order valence-electron chi connectivity index (χ0n) is 74.6. The first kappa shape index (κ1) is 72.1. The minimum Gasteiger partial charge on any atom is -0.308 e. The van der Waals surface area contributed by atoms with E-state index in [-0.39, 0.29) is 29.7 Å². The summed E-state index contributed by atoms with van der Waals surface area (Å²) in [6, 6.07) is 137. The molecule has 0 amide bonds. The first-order valence-electron chi connectivity index (χ1n) is 45.5. The van der Waals surface area contributed by atoms with E-state index in [9.17, 15) is 0 Å². The van der Waals surface area contributed by atoms with Crippen LogP contribution in [0.2, 0.25) is 0 Å². The van der Waals surface area contributed by atoms with Crippen LogP contribution in [0.25, 0.3) is 169 Å². The van der Waals surface area contributed by atoms with Crippen LogP contribution in [0.3, 0.4) is 0 Å². The van der Waals surface area contributed by atoms with Gasteiger partial charge in [0.1, 0.15) is 28.9 Å². The molecule has 18 aromatic carbocycles. The Bertz CT molecular complexity index is 8930. The monoisotopic (exact) mass is 1730 g/mol. The molecule has 3 unspecified atom stereocenters. The maximum atomic E-state index is 16.0. The number of imidazole rings is 4. The Kier molecular flexibility index (Phi) is 17.5. The minimum atomic E-state index is -3.35. The first-order valence-corrected chi connectivity index (χ1v) is 48.1. The predicted octanol–water partition coefficient (Wildman–Crippen LogP) is 24.1. The smallest absolute Gasteiger partial charge is 0.175 e. The van der Waals surface area contributed by atoms with E-state index in [1.807, 2.05) is 279 Å². The van der Waals surface area contributed by atoms with Crippen LogP contribution in [0, 0.1) is 0 Å². The molecule has 0 radical (unpaired) electrons. The minimum absolute atomic E-state index is 0.183. The molecule has 23 aromatic rings. The van der Waals surface area contributed by atoms with Crippen LogP contribution in [-0.2, 0) is 13.7 Å². The number of benzene rings is 18. The van der Waals surface area contributed by atoms with Crippen LogP contribution < -0.4 is 47.7 Å². The topological polar surface area (TPSA) is 135 Å². The largest absolute Gasteiger partial charge is 0.308 e. The van der Waals surface area contributed by atoms with Crippen molar-refractivity contribution < 1.29 is 20.5 Å². The molecule has 15 heteroatoms. The molecular weight excluding hydrogens is 1650 g/mol. The molecule has 12 nitrogen and oxygen atoms in total. The highest BCUT2D eigenvalue weighted by Crippen LogP contribution is 2.55. The highest BCUT2D eigenvalue weighted by Gasteiger charge is 2.44. The van der Waals surface area contributed by atoms with E-state index < -0.39 is 27.5 Å². The lowest BCUT2D eigenvalue weighted by molar-refractivity contribution is 0.591. The number of rotatable bonds is 12. The third-order valence-corrected chi connectivity index (χ3v) is 34.3. The number of nitrogens with zero attached hydrogens (tertiary/aromatic N) is 9. The van der Waals surface area contributed by atoms with Crippen molar-refractivity contribution in [3.8, 4) is 96.0 Å². The third kappa shape index (κ3) is 12.7. The Labute approximate surface area is 756 Å². The van der Waals surface area contributed by atoms with Gasteiger partial charge in [0.15, 0.2) is 21.4 Å². The van der Waals surface area contributed by atoms with E-state index in [1.54, 1.807) is 12.1 Å². The van der Waals surface area contributed by atoms with Crippen molar-refractivity contribution in [2.45, 2.75) is 0 Å². The summed E-state index contributed by atoms with van der Waals surface area (Å²) in [6.07, 6.45) is 4.18.